The molecule has 0 saturated carbocycles. The molecule has 0 aliphatic carbocycles. The van der Waals surface area contributed by atoms with Crippen molar-refractivity contribution in [1.29, 1.82) is 0 Å². The second kappa shape index (κ2) is 4.57. The van der Waals surface area contributed by atoms with E-state index in [2.05, 4.69) is 0 Å². The lowest BCUT2D eigenvalue weighted by Crippen LogP contribution is -2.37. The second-order valence-electron chi connectivity index (χ2n) is 4.10. The molecule has 0 aliphatic rings. The lowest BCUT2D eigenvalue weighted by atomic mass is 10.6. The zero-order valence-corrected chi connectivity index (χ0v) is 10.9. The molecule has 0 fully saturated rings. The minimum atomic E-state index is -3.27. The first-order valence-corrected chi connectivity index (χ1v) is 9.21. The van der Waals surface area contributed by atoms with E-state index in [4.69, 9.17) is 3.87 Å². The topological polar surface area (TPSA) is 43.4 Å². The zero-order valence-electron chi connectivity index (χ0n) is 9.12. The number of rotatable bonds is 5. The van der Waals surface area contributed by atoms with Crippen LogP contribution in [-0.4, -0.2) is 22.5 Å². The fourth-order valence-electron chi connectivity index (χ4n) is 0.715. The summed E-state index contributed by atoms with van der Waals surface area (Å²) < 4.78 is 28.0. The monoisotopic (exact) mass is 224 g/mol. The summed E-state index contributed by atoms with van der Waals surface area (Å²) in [5, 5.41) is 0. The van der Waals surface area contributed by atoms with Gasteiger partial charge in [0.05, 0.1) is 5.75 Å². The van der Waals surface area contributed by atoms with Crippen molar-refractivity contribution in [2.75, 3.05) is 5.75 Å². The van der Waals surface area contributed by atoms with Crippen LogP contribution in [0.3, 0.4) is 0 Å². The predicted octanol–water partition coefficient (Wildman–Crippen LogP) is 2.36. The maximum absolute atomic E-state index is 11.4. The highest BCUT2D eigenvalue weighted by Gasteiger charge is 2.32. The first-order valence-electron chi connectivity index (χ1n) is 4.64. The highest BCUT2D eigenvalue weighted by molar-refractivity contribution is 7.87. The molecule has 0 amide bonds. The largest absolute Gasteiger partial charge is 0.315 e. The molecule has 80 valence electrons. The molecule has 0 radical (unpaired) electrons. The second-order valence-corrected chi connectivity index (χ2v) is 10.7. The van der Waals surface area contributed by atoms with E-state index >= 15 is 0 Å². The van der Waals surface area contributed by atoms with Gasteiger partial charge in [-0.25, -0.2) is 8.42 Å². The summed E-state index contributed by atoms with van der Waals surface area (Å²) in [4.78, 5) is 0. The van der Waals surface area contributed by atoms with Crippen LogP contribution in [0.5, 0.6) is 0 Å². The van der Waals surface area contributed by atoms with Gasteiger partial charge in [-0.3, -0.25) is 0 Å². The van der Waals surface area contributed by atoms with Gasteiger partial charge in [-0.2, -0.15) is 0 Å². The molecule has 0 N–H and O–H groups in total. The van der Waals surface area contributed by atoms with Crippen LogP contribution in [-0.2, 0) is 14.0 Å². The third-order valence-electron chi connectivity index (χ3n) is 2.19. The van der Waals surface area contributed by atoms with E-state index in [1.54, 1.807) is 0 Å². The van der Waals surface area contributed by atoms with Crippen molar-refractivity contribution in [1.82, 2.24) is 0 Å². The van der Waals surface area contributed by atoms with Gasteiger partial charge in [-0.15, -0.1) is 0 Å². The maximum Gasteiger partial charge on any atom is 0.257 e. The Kier molecular flexibility index (Phi) is 4.61. The van der Waals surface area contributed by atoms with Gasteiger partial charge in [-0.05, 0) is 25.1 Å². The average Bonchev–Trinajstić information content (AvgIpc) is 1.83. The minimum Gasteiger partial charge on any atom is -0.315 e. The molecule has 0 unspecified atom stereocenters. The van der Waals surface area contributed by atoms with Crippen molar-refractivity contribution in [3.05, 3.63) is 0 Å². The summed E-state index contributed by atoms with van der Waals surface area (Å²) in [6, 6.07) is 0. The highest BCUT2D eigenvalue weighted by atomic mass is 32.2. The molecule has 0 atom stereocenters. The SMILES string of the molecule is CCCS(=O)(=O)O[Si](C)(C)C(C)C. The van der Waals surface area contributed by atoms with Gasteiger partial charge in [0.15, 0.2) is 0 Å². The van der Waals surface area contributed by atoms with E-state index in [0.717, 1.165) is 0 Å². The van der Waals surface area contributed by atoms with Crippen molar-refractivity contribution in [2.45, 2.75) is 45.8 Å². The molecule has 3 nitrogen and oxygen atoms in total. The fourth-order valence-corrected chi connectivity index (χ4v) is 4.94. The first-order chi connectivity index (χ1) is 5.71. The Balaban J connectivity index is 4.43. The fraction of sp³-hybridized carbons (Fsp3) is 1.00. The minimum absolute atomic E-state index is 0.135. The Bertz CT molecular complexity index is 244. The van der Waals surface area contributed by atoms with Gasteiger partial charge in [0, 0.05) is 0 Å². The number of hydrogen-bond acceptors (Lipinski definition) is 3. The van der Waals surface area contributed by atoms with E-state index in [0.29, 0.717) is 12.0 Å². The molecule has 0 heterocycles. The van der Waals surface area contributed by atoms with Gasteiger partial charge in [0.25, 0.3) is 10.1 Å². The van der Waals surface area contributed by atoms with Crippen molar-refractivity contribution in [3.63, 3.8) is 0 Å². The quantitative estimate of drug-likeness (QED) is 0.673. The molecule has 0 saturated heterocycles. The molecule has 0 aliphatic heterocycles. The highest BCUT2D eigenvalue weighted by Crippen LogP contribution is 2.23. The van der Waals surface area contributed by atoms with Gasteiger partial charge in [0.2, 0.25) is 8.32 Å². The third kappa shape index (κ3) is 4.78. The van der Waals surface area contributed by atoms with Crippen molar-refractivity contribution in [2.24, 2.45) is 0 Å². The Morgan fingerprint density at radius 1 is 1.31 bits per heavy atom. The molecular weight excluding hydrogens is 204 g/mol. The summed E-state index contributed by atoms with van der Waals surface area (Å²) in [5.41, 5.74) is 0.319. The van der Waals surface area contributed by atoms with Crippen molar-refractivity contribution >= 4 is 18.4 Å². The summed E-state index contributed by atoms with van der Waals surface area (Å²) in [5.74, 6) is 0.135. The molecule has 0 aromatic rings. The zero-order chi connectivity index (χ0) is 10.7. The first kappa shape index (κ1) is 13.1. The third-order valence-corrected chi connectivity index (χ3v) is 8.61. The smallest absolute Gasteiger partial charge is 0.257 e. The van der Waals surface area contributed by atoms with Crippen LogP contribution in [0.15, 0.2) is 0 Å². The van der Waals surface area contributed by atoms with Gasteiger partial charge in [-0.1, -0.05) is 20.8 Å². The van der Waals surface area contributed by atoms with Gasteiger partial charge < -0.3 is 3.87 Å². The Morgan fingerprint density at radius 2 is 1.77 bits per heavy atom. The van der Waals surface area contributed by atoms with Crippen molar-refractivity contribution < 1.29 is 12.3 Å². The van der Waals surface area contributed by atoms with Crippen LogP contribution in [0, 0.1) is 0 Å². The molecule has 0 spiro atoms. The molecule has 0 rings (SSSR count). The molecule has 0 aromatic heterocycles. The van der Waals surface area contributed by atoms with Gasteiger partial charge >= 0.3 is 0 Å². The number of hydrogen-bond donors (Lipinski definition) is 0. The van der Waals surface area contributed by atoms with E-state index < -0.39 is 18.4 Å². The Hall–Kier alpha value is 0.127. The van der Waals surface area contributed by atoms with Gasteiger partial charge in [0.1, 0.15) is 0 Å². The lowest BCUT2D eigenvalue weighted by Gasteiger charge is -2.25. The summed E-state index contributed by atoms with van der Waals surface area (Å²) >= 11 is 0. The van der Waals surface area contributed by atoms with Crippen molar-refractivity contribution in [3.8, 4) is 0 Å². The van der Waals surface area contributed by atoms with Crippen LogP contribution < -0.4 is 0 Å². The standard InChI is InChI=1S/C8H20O3SSi/c1-6-7-12(9,10)11-13(4,5)8(2)3/h8H,6-7H2,1-5H3. The lowest BCUT2D eigenvalue weighted by molar-refractivity contribution is 0.474. The van der Waals surface area contributed by atoms with E-state index in [1.165, 1.54) is 0 Å². The van der Waals surface area contributed by atoms with E-state index in [9.17, 15) is 8.42 Å². The van der Waals surface area contributed by atoms with Crippen LogP contribution >= 0.6 is 0 Å². The summed E-state index contributed by atoms with van der Waals surface area (Å²) in [6.07, 6.45) is 0.616. The van der Waals surface area contributed by atoms with Crippen LogP contribution in [0.1, 0.15) is 27.2 Å². The maximum atomic E-state index is 11.4. The average molecular weight is 224 g/mol. The Labute approximate surface area is 82.7 Å². The molecule has 5 heteroatoms. The predicted molar refractivity (Wildman–Crippen MR) is 57.7 cm³/mol. The normalized spacial score (nSPS) is 13.7. The summed E-state index contributed by atoms with van der Waals surface area (Å²) in [7, 11) is -5.31. The van der Waals surface area contributed by atoms with Crippen LogP contribution in [0.2, 0.25) is 18.6 Å². The van der Waals surface area contributed by atoms with E-state index in [1.807, 2.05) is 33.9 Å². The summed E-state index contributed by atoms with van der Waals surface area (Å²) in [6.45, 7) is 9.72. The van der Waals surface area contributed by atoms with Crippen LogP contribution in [0.25, 0.3) is 0 Å². The molecule has 0 bridgehead atoms. The van der Waals surface area contributed by atoms with Crippen LogP contribution in [0.4, 0.5) is 0 Å². The Morgan fingerprint density at radius 3 is 2.08 bits per heavy atom. The molecule has 13 heavy (non-hydrogen) atoms. The molecule has 0 aromatic carbocycles. The van der Waals surface area contributed by atoms with E-state index in [-0.39, 0.29) is 5.75 Å². The molecular formula is C8H20O3SSi.